The van der Waals surface area contributed by atoms with Gasteiger partial charge in [-0.3, -0.25) is 0 Å². The molecule has 0 saturated heterocycles. The van der Waals surface area contributed by atoms with E-state index >= 15 is 0 Å². The standard InChI is InChI=1S/C9H14BrNS/c1-7(2)11-4-3-8-5-12-6-9(8)10/h5-7,11H,3-4H2,1-2H3. The van der Waals surface area contributed by atoms with Crippen molar-refractivity contribution in [2.45, 2.75) is 26.3 Å². The van der Waals surface area contributed by atoms with Crippen LogP contribution in [0.5, 0.6) is 0 Å². The third-order valence-corrected chi connectivity index (χ3v) is 3.47. The van der Waals surface area contributed by atoms with Crippen molar-refractivity contribution in [3.05, 3.63) is 20.8 Å². The van der Waals surface area contributed by atoms with Crippen LogP contribution in [0.1, 0.15) is 19.4 Å². The molecule has 0 fully saturated rings. The highest BCUT2D eigenvalue weighted by Gasteiger charge is 2.00. The Morgan fingerprint density at radius 2 is 2.25 bits per heavy atom. The number of halogens is 1. The summed E-state index contributed by atoms with van der Waals surface area (Å²) < 4.78 is 1.25. The van der Waals surface area contributed by atoms with E-state index in [1.54, 1.807) is 11.3 Å². The fourth-order valence-electron chi connectivity index (χ4n) is 0.982. The minimum Gasteiger partial charge on any atom is -0.314 e. The molecule has 0 aromatic carbocycles. The smallest absolute Gasteiger partial charge is 0.0314 e. The zero-order valence-electron chi connectivity index (χ0n) is 7.43. The monoisotopic (exact) mass is 247 g/mol. The maximum absolute atomic E-state index is 3.52. The first-order valence-corrected chi connectivity index (χ1v) is 5.87. The zero-order chi connectivity index (χ0) is 8.97. The van der Waals surface area contributed by atoms with Gasteiger partial charge in [-0.15, -0.1) is 0 Å². The molecule has 1 rings (SSSR count). The molecule has 68 valence electrons. The van der Waals surface area contributed by atoms with E-state index in [0.29, 0.717) is 6.04 Å². The molecule has 0 atom stereocenters. The van der Waals surface area contributed by atoms with Crippen LogP contribution in [0.4, 0.5) is 0 Å². The summed E-state index contributed by atoms with van der Waals surface area (Å²) in [4.78, 5) is 0. The lowest BCUT2D eigenvalue weighted by Gasteiger charge is -2.06. The van der Waals surface area contributed by atoms with Crippen LogP contribution in [0, 0.1) is 0 Å². The third kappa shape index (κ3) is 3.25. The second-order valence-corrected chi connectivity index (χ2v) is 4.70. The normalized spacial score (nSPS) is 11.0. The molecular weight excluding hydrogens is 234 g/mol. The number of nitrogens with one attached hydrogen (secondary N) is 1. The van der Waals surface area contributed by atoms with Crippen LogP contribution in [-0.4, -0.2) is 12.6 Å². The number of hydrogen-bond donors (Lipinski definition) is 1. The van der Waals surface area contributed by atoms with Crippen LogP contribution >= 0.6 is 27.3 Å². The molecule has 3 heteroatoms. The molecule has 0 spiro atoms. The number of thiophene rings is 1. The fraction of sp³-hybridized carbons (Fsp3) is 0.556. The van der Waals surface area contributed by atoms with E-state index in [1.807, 2.05) is 0 Å². The lowest BCUT2D eigenvalue weighted by atomic mass is 10.2. The molecule has 0 saturated carbocycles. The van der Waals surface area contributed by atoms with Gasteiger partial charge in [0.15, 0.2) is 0 Å². The summed E-state index contributed by atoms with van der Waals surface area (Å²) in [6.45, 7) is 5.40. The largest absolute Gasteiger partial charge is 0.314 e. The van der Waals surface area contributed by atoms with Gasteiger partial charge in [-0.25, -0.2) is 0 Å². The van der Waals surface area contributed by atoms with Crippen molar-refractivity contribution in [3.63, 3.8) is 0 Å². The molecule has 1 nitrogen and oxygen atoms in total. The van der Waals surface area contributed by atoms with E-state index < -0.39 is 0 Å². The molecule has 0 aliphatic rings. The first kappa shape index (κ1) is 10.2. The first-order valence-electron chi connectivity index (χ1n) is 4.14. The Bertz CT molecular complexity index is 232. The highest BCUT2D eigenvalue weighted by molar-refractivity contribution is 9.10. The third-order valence-electron chi connectivity index (χ3n) is 1.64. The van der Waals surface area contributed by atoms with Gasteiger partial charge in [0.1, 0.15) is 0 Å². The van der Waals surface area contributed by atoms with Gasteiger partial charge in [0.25, 0.3) is 0 Å². The Hall–Kier alpha value is 0.140. The van der Waals surface area contributed by atoms with Gasteiger partial charge in [-0.2, -0.15) is 11.3 Å². The lowest BCUT2D eigenvalue weighted by Crippen LogP contribution is -2.24. The molecular formula is C9H14BrNS. The Labute approximate surface area is 86.3 Å². The van der Waals surface area contributed by atoms with Gasteiger partial charge in [0, 0.05) is 15.9 Å². The van der Waals surface area contributed by atoms with Crippen molar-refractivity contribution in [2.75, 3.05) is 6.54 Å². The quantitative estimate of drug-likeness (QED) is 0.863. The Morgan fingerprint density at radius 1 is 1.50 bits per heavy atom. The highest BCUT2D eigenvalue weighted by Crippen LogP contribution is 2.21. The summed E-state index contributed by atoms with van der Waals surface area (Å²) in [5.74, 6) is 0. The molecule has 0 aliphatic carbocycles. The van der Waals surface area contributed by atoms with Crippen molar-refractivity contribution in [1.29, 1.82) is 0 Å². The summed E-state index contributed by atoms with van der Waals surface area (Å²) in [7, 11) is 0. The van der Waals surface area contributed by atoms with Gasteiger partial charge < -0.3 is 5.32 Å². The fourth-order valence-corrected chi connectivity index (χ4v) is 2.52. The van der Waals surface area contributed by atoms with Crippen molar-refractivity contribution in [2.24, 2.45) is 0 Å². The topological polar surface area (TPSA) is 12.0 Å². The van der Waals surface area contributed by atoms with Crippen LogP contribution in [0.25, 0.3) is 0 Å². The summed E-state index contributed by atoms with van der Waals surface area (Å²) >= 11 is 5.27. The van der Waals surface area contributed by atoms with E-state index in [-0.39, 0.29) is 0 Å². The minimum atomic E-state index is 0.586. The van der Waals surface area contributed by atoms with Gasteiger partial charge in [0.05, 0.1) is 0 Å². The molecule has 12 heavy (non-hydrogen) atoms. The van der Waals surface area contributed by atoms with E-state index in [9.17, 15) is 0 Å². The molecule has 0 amide bonds. The SMILES string of the molecule is CC(C)NCCc1cscc1Br. The minimum absolute atomic E-state index is 0.586. The Morgan fingerprint density at radius 3 is 2.75 bits per heavy atom. The van der Waals surface area contributed by atoms with E-state index in [2.05, 4.69) is 45.9 Å². The average molecular weight is 248 g/mol. The van der Waals surface area contributed by atoms with E-state index in [1.165, 1.54) is 10.0 Å². The predicted octanol–water partition coefficient (Wildman–Crippen LogP) is 3.05. The summed E-state index contributed by atoms with van der Waals surface area (Å²) in [6.07, 6.45) is 1.11. The average Bonchev–Trinajstić information content (AvgIpc) is 2.36. The molecule has 0 radical (unpaired) electrons. The molecule has 0 bridgehead atoms. The van der Waals surface area contributed by atoms with E-state index in [4.69, 9.17) is 0 Å². The van der Waals surface area contributed by atoms with Crippen molar-refractivity contribution >= 4 is 27.3 Å². The van der Waals surface area contributed by atoms with Gasteiger partial charge in [0.2, 0.25) is 0 Å². The van der Waals surface area contributed by atoms with Crippen molar-refractivity contribution in [1.82, 2.24) is 5.32 Å². The van der Waals surface area contributed by atoms with Crippen molar-refractivity contribution in [3.8, 4) is 0 Å². The van der Waals surface area contributed by atoms with Gasteiger partial charge in [-0.1, -0.05) is 13.8 Å². The van der Waals surface area contributed by atoms with Crippen LogP contribution in [0.15, 0.2) is 15.2 Å². The number of rotatable bonds is 4. The Balaban J connectivity index is 2.29. The Kier molecular flexibility index (Phi) is 4.26. The van der Waals surface area contributed by atoms with Crippen LogP contribution in [0.3, 0.4) is 0 Å². The molecule has 0 aliphatic heterocycles. The van der Waals surface area contributed by atoms with Crippen LogP contribution in [-0.2, 0) is 6.42 Å². The maximum Gasteiger partial charge on any atom is 0.0314 e. The summed E-state index contributed by atoms with van der Waals surface area (Å²) in [5, 5.41) is 7.72. The molecule has 0 unspecified atom stereocenters. The molecule has 1 aromatic rings. The first-order chi connectivity index (χ1) is 5.70. The predicted molar refractivity (Wildman–Crippen MR) is 58.9 cm³/mol. The van der Waals surface area contributed by atoms with Gasteiger partial charge >= 0.3 is 0 Å². The lowest BCUT2D eigenvalue weighted by molar-refractivity contribution is 0.590. The maximum atomic E-state index is 3.52. The highest BCUT2D eigenvalue weighted by atomic mass is 79.9. The molecule has 1 N–H and O–H groups in total. The van der Waals surface area contributed by atoms with E-state index in [0.717, 1.165) is 13.0 Å². The molecule has 1 aromatic heterocycles. The van der Waals surface area contributed by atoms with Crippen molar-refractivity contribution < 1.29 is 0 Å². The molecule has 1 heterocycles. The van der Waals surface area contributed by atoms with Gasteiger partial charge in [-0.05, 0) is 39.8 Å². The number of hydrogen-bond acceptors (Lipinski definition) is 2. The van der Waals surface area contributed by atoms with Crippen LogP contribution < -0.4 is 5.32 Å². The summed E-state index contributed by atoms with van der Waals surface area (Å²) in [6, 6.07) is 0.586. The van der Waals surface area contributed by atoms with Crippen LogP contribution in [0.2, 0.25) is 0 Å². The second kappa shape index (κ2) is 5.00. The second-order valence-electron chi connectivity index (χ2n) is 3.10. The zero-order valence-corrected chi connectivity index (χ0v) is 9.83. The summed E-state index contributed by atoms with van der Waals surface area (Å²) in [5.41, 5.74) is 1.41.